The molecule has 4 aromatic rings. The summed E-state index contributed by atoms with van der Waals surface area (Å²) in [5.74, 6) is 3.33. The summed E-state index contributed by atoms with van der Waals surface area (Å²) < 4.78 is 0. The van der Waals surface area contributed by atoms with Gasteiger partial charge in [0.15, 0.2) is 0 Å². The number of fused-ring (bicyclic) bond motifs is 7. The van der Waals surface area contributed by atoms with E-state index in [0.717, 1.165) is 30.3 Å². The summed E-state index contributed by atoms with van der Waals surface area (Å²) in [6.07, 6.45) is 20.2. The minimum Gasteiger partial charge on any atom is -0.361 e. The second-order valence-electron chi connectivity index (χ2n) is 13.8. The van der Waals surface area contributed by atoms with E-state index < -0.39 is 0 Å². The molecular formula is C37H46N4. The van der Waals surface area contributed by atoms with Crippen molar-refractivity contribution in [2.45, 2.75) is 76.9 Å². The Morgan fingerprint density at radius 2 is 1.68 bits per heavy atom. The Bertz CT molecular complexity index is 1540. The minimum absolute atomic E-state index is 0.562. The van der Waals surface area contributed by atoms with Crippen molar-refractivity contribution in [3.05, 3.63) is 83.7 Å². The lowest BCUT2D eigenvalue weighted by Crippen LogP contribution is -2.53. The first-order valence-electron chi connectivity index (χ1n) is 16.5. The maximum absolute atomic E-state index is 3.64. The third-order valence-corrected chi connectivity index (χ3v) is 11.4. The SMILES string of the molecule is CCC1CC2CCC1N(CCc1c[nH]c3cc(CCC4CC5C=CC4N(Cc4c[nH]c6ccccc46)C5)ccc13)C2. The molecule has 4 aliphatic heterocycles. The van der Waals surface area contributed by atoms with Gasteiger partial charge in [-0.25, -0.2) is 0 Å². The van der Waals surface area contributed by atoms with Gasteiger partial charge < -0.3 is 9.97 Å². The van der Waals surface area contributed by atoms with Crippen LogP contribution in [0.3, 0.4) is 0 Å². The van der Waals surface area contributed by atoms with E-state index in [0.29, 0.717) is 12.0 Å². The number of benzene rings is 2. The first-order chi connectivity index (χ1) is 20.2. The monoisotopic (exact) mass is 546 g/mol. The third kappa shape index (κ3) is 4.87. The van der Waals surface area contributed by atoms with Crippen LogP contribution >= 0.6 is 0 Å². The number of aromatic nitrogens is 2. The molecule has 6 unspecified atom stereocenters. The van der Waals surface area contributed by atoms with E-state index in [2.05, 4.69) is 93.7 Å². The highest BCUT2D eigenvalue weighted by atomic mass is 15.2. The summed E-state index contributed by atoms with van der Waals surface area (Å²) >= 11 is 0. The zero-order valence-electron chi connectivity index (χ0n) is 24.7. The Hall–Kier alpha value is -2.82. The van der Waals surface area contributed by atoms with Crippen LogP contribution in [0.25, 0.3) is 21.8 Å². The van der Waals surface area contributed by atoms with Gasteiger partial charge in [-0.3, -0.25) is 9.80 Å². The molecule has 10 rings (SSSR count). The number of H-pyrrole nitrogens is 2. The number of nitrogens with one attached hydrogen (secondary N) is 2. The van der Waals surface area contributed by atoms with Crippen LogP contribution in [0.2, 0.25) is 0 Å². The molecule has 6 atom stereocenters. The van der Waals surface area contributed by atoms with Gasteiger partial charge in [0.2, 0.25) is 0 Å². The Morgan fingerprint density at radius 1 is 0.805 bits per heavy atom. The van der Waals surface area contributed by atoms with E-state index >= 15 is 0 Å². The standard InChI is InChI=1S/C37H46N4/c1-2-28-17-26-9-13-36(28)40(22-26)16-15-30-20-39-35-19-25(8-12-33(30)35)7-11-29-18-27-10-14-37(29)41(23-27)24-31-21-38-34-6-4-3-5-32(31)34/h3-6,8,10,12,14,19-21,26-29,36-39H,2,7,9,11,13,15-18,22-24H2,1H3. The zero-order valence-corrected chi connectivity index (χ0v) is 24.7. The first kappa shape index (κ1) is 25.9. The van der Waals surface area contributed by atoms with Crippen LogP contribution in [0.1, 0.15) is 62.1 Å². The van der Waals surface area contributed by atoms with Crippen molar-refractivity contribution in [2.75, 3.05) is 19.6 Å². The molecule has 214 valence electrons. The zero-order chi connectivity index (χ0) is 27.3. The predicted molar refractivity (Wildman–Crippen MR) is 170 cm³/mol. The maximum atomic E-state index is 3.64. The van der Waals surface area contributed by atoms with Crippen LogP contribution in [-0.4, -0.2) is 51.5 Å². The quantitative estimate of drug-likeness (QED) is 0.211. The molecule has 0 radical (unpaired) electrons. The van der Waals surface area contributed by atoms with Crippen molar-refractivity contribution < 1.29 is 0 Å². The van der Waals surface area contributed by atoms with E-state index in [1.165, 1.54) is 109 Å². The van der Waals surface area contributed by atoms with E-state index in [-0.39, 0.29) is 0 Å². The van der Waals surface area contributed by atoms with Crippen LogP contribution in [0.4, 0.5) is 0 Å². The molecule has 4 fully saturated rings. The van der Waals surface area contributed by atoms with Crippen molar-refractivity contribution in [1.82, 2.24) is 19.8 Å². The van der Waals surface area contributed by atoms with Crippen LogP contribution < -0.4 is 0 Å². The summed E-state index contributed by atoms with van der Waals surface area (Å²) in [6, 6.07) is 17.4. The Balaban J connectivity index is 0.905. The number of para-hydroxylation sites is 1. The van der Waals surface area contributed by atoms with Gasteiger partial charge in [0.25, 0.3) is 0 Å². The molecule has 2 aromatic carbocycles. The van der Waals surface area contributed by atoms with Gasteiger partial charge in [0.1, 0.15) is 0 Å². The van der Waals surface area contributed by atoms with Crippen LogP contribution in [-0.2, 0) is 19.4 Å². The normalized spacial score (nSPS) is 29.8. The molecule has 3 saturated heterocycles. The van der Waals surface area contributed by atoms with Crippen molar-refractivity contribution in [3.63, 3.8) is 0 Å². The van der Waals surface area contributed by atoms with Crippen LogP contribution in [0.15, 0.2) is 67.0 Å². The highest BCUT2D eigenvalue weighted by molar-refractivity contribution is 5.84. The molecule has 1 saturated carbocycles. The highest BCUT2D eigenvalue weighted by Gasteiger charge is 2.39. The Morgan fingerprint density at radius 3 is 2.59 bits per heavy atom. The van der Waals surface area contributed by atoms with E-state index in [1.807, 2.05) is 0 Å². The highest BCUT2D eigenvalue weighted by Crippen LogP contribution is 2.41. The lowest BCUT2D eigenvalue weighted by atomic mass is 9.71. The van der Waals surface area contributed by atoms with Crippen molar-refractivity contribution in [1.29, 1.82) is 0 Å². The molecule has 4 nitrogen and oxygen atoms in total. The second-order valence-corrected chi connectivity index (χ2v) is 13.8. The van der Waals surface area contributed by atoms with Crippen molar-refractivity contribution in [3.8, 4) is 0 Å². The van der Waals surface area contributed by atoms with Gasteiger partial charge in [-0.2, -0.15) is 0 Å². The second kappa shape index (κ2) is 10.8. The summed E-state index contributed by atoms with van der Waals surface area (Å²) in [6.45, 7) is 7.20. The van der Waals surface area contributed by atoms with Gasteiger partial charge in [-0.05, 0) is 97.4 Å². The number of aromatic amines is 2. The van der Waals surface area contributed by atoms with Gasteiger partial charge in [0, 0.05) is 72.5 Å². The van der Waals surface area contributed by atoms with Crippen molar-refractivity contribution in [2.24, 2.45) is 23.7 Å². The largest absolute Gasteiger partial charge is 0.361 e. The van der Waals surface area contributed by atoms with Gasteiger partial charge in [-0.15, -0.1) is 0 Å². The van der Waals surface area contributed by atoms with E-state index in [1.54, 1.807) is 0 Å². The molecule has 2 aliphatic carbocycles. The molecule has 2 aromatic heterocycles. The van der Waals surface area contributed by atoms with Crippen LogP contribution in [0.5, 0.6) is 0 Å². The molecule has 6 heterocycles. The lowest BCUT2D eigenvalue weighted by Gasteiger charge is -2.50. The molecule has 0 spiro atoms. The van der Waals surface area contributed by atoms with Crippen molar-refractivity contribution >= 4 is 21.8 Å². The van der Waals surface area contributed by atoms with Gasteiger partial charge >= 0.3 is 0 Å². The van der Waals surface area contributed by atoms with Gasteiger partial charge in [0.05, 0.1) is 0 Å². The molecule has 4 bridgehead atoms. The number of rotatable bonds is 9. The van der Waals surface area contributed by atoms with E-state index in [4.69, 9.17) is 0 Å². The number of aryl methyl sites for hydroxylation is 1. The summed E-state index contributed by atoms with van der Waals surface area (Å²) in [5, 5.41) is 2.81. The minimum atomic E-state index is 0.562. The number of nitrogens with zero attached hydrogens (tertiary/aromatic N) is 2. The Kier molecular flexibility index (Phi) is 6.80. The fraction of sp³-hybridized carbons (Fsp3) is 0.514. The third-order valence-electron chi connectivity index (χ3n) is 11.4. The number of piperidine rings is 3. The van der Waals surface area contributed by atoms with Gasteiger partial charge in [-0.1, -0.05) is 55.8 Å². The smallest absolute Gasteiger partial charge is 0.0459 e. The summed E-state index contributed by atoms with van der Waals surface area (Å²) in [7, 11) is 0. The average Bonchev–Trinajstić information content (AvgIpc) is 3.63. The summed E-state index contributed by atoms with van der Waals surface area (Å²) in [5.41, 5.74) is 7.01. The fourth-order valence-corrected chi connectivity index (χ4v) is 9.32. The predicted octanol–water partition coefficient (Wildman–Crippen LogP) is 7.71. The molecular weight excluding hydrogens is 500 g/mol. The molecule has 0 amide bonds. The Labute approximate surface area is 245 Å². The van der Waals surface area contributed by atoms with Crippen LogP contribution in [0, 0.1) is 23.7 Å². The fourth-order valence-electron chi connectivity index (χ4n) is 9.32. The average molecular weight is 547 g/mol. The summed E-state index contributed by atoms with van der Waals surface area (Å²) in [4.78, 5) is 12.7. The molecule has 2 N–H and O–H groups in total. The molecule has 6 aliphatic rings. The molecule has 4 heteroatoms. The number of hydrogen-bond acceptors (Lipinski definition) is 2. The molecule has 41 heavy (non-hydrogen) atoms. The van der Waals surface area contributed by atoms with E-state index in [9.17, 15) is 0 Å². The first-order valence-corrected chi connectivity index (χ1v) is 16.5. The maximum Gasteiger partial charge on any atom is 0.0459 e. The lowest BCUT2D eigenvalue weighted by molar-refractivity contribution is 0.000713. The number of hydrogen-bond donors (Lipinski definition) is 2. The topological polar surface area (TPSA) is 38.1 Å².